The maximum absolute atomic E-state index is 17.5. The van der Waals surface area contributed by atoms with Crippen molar-refractivity contribution < 1.29 is 141 Å². The van der Waals surface area contributed by atoms with Crippen molar-refractivity contribution in [2.45, 2.75) is 216 Å². The van der Waals surface area contributed by atoms with E-state index in [0.717, 1.165) is 97.3 Å². The van der Waals surface area contributed by atoms with Gasteiger partial charge in [-0.25, -0.2) is 157 Å². The van der Waals surface area contributed by atoms with Gasteiger partial charge in [0.1, 0.15) is 97.2 Å². The molecule has 11 aliphatic rings. The van der Waals surface area contributed by atoms with Gasteiger partial charge in [0.25, 0.3) is 0 Å². The van der Waals surface area contributed by atoms with Crippen LogP contribution in [0.5, 0.6) is 11.5 Å². The van der Waals surface area contributed by atoms with Crippen LogP contribution in [0, 0.1) is 35.5 Å². The normalized spacial score (nSPS) is 41.9. The van der Waals surface area contributed by atoms with Crippen LogP contribution in [0.1, 0.15) is 51.5 Å². The zero-order valence-corrected chi connectivity index (χ0v) is 73.4. The van der Waals surface area contributed by atoms with E-state index in [0.29, 0.717) is 22.6 Å². The van der Waals surface area contributed by atoms with Crippen LogP contribution in [-0.2, 0) is 13.1 Å². The summed E-state index contributed by atoms with van der Waals surface area (Å²) in [5, 5.41) is -0.355. The number of H-pyrrole nitrogens is 4. The third kappa shape index (κ3) is 16.7. The van der Waals surface area contributed by atoms with Gasteiger partial charge in [-0.2, -0.15) is 0 Å². The van der Waals surface area contributed by atoms with Gasteiger partial charge in [0.15, 0.2) is 111 Å². The van der Waals surface area contributed by atoms with E-state index in [9.17, 15) is 0 Å². The fourth-order valence-electron chi connectivity index (χ4n) is 21.4. The molecule has 6 aliphatic carbocycles. The van der Waals surface area contributed by atoms with E-state index in [4.69, 9.17) is 9.47 Å². The average molecular weight is 2030 g/mol. The van der Waals surface area contributed by atoms with Crippen LogP contribution in [0.3, 0.4) is 0 Å². The number of aromatic amines is 4. The third-order valence-electron chi connectivity index (χ3n) is 28.7. The Morgan fingerprint density at radius 2 is 0.606 bits per heavy atom. The average Bonchev–Trinajstić information content (AvgIpc) is 1.46. The predicted molar refractivity (Wildman–Crippen MR) is 463 cm³/mol. The van der Waals surface area contributed by atoms with E-state index in [1.54, 1.807) is 24.3 Å². The Hall–Kier alpha value is -11.9. The molecule has 6 saturated carbocycles. The Kier molecular flexibility index (Phi) is 26.9. The molecule has 27 unspecified atom stereocenters. The Bertz CT molecular complexity index is 6600. The molecule has 11 heterocycles. The SMILES string of the molecule is COc1ccc(Cn2ccnc2/C2=C3\C=CC(=N3)/C(C3C(F)C(F)C(F)C(F)C3F)=c3/cc/c([nH]3)=C(\C3C(F)C(F)C(F)C(F)C3F)C3=N/C(=C(/C4C(F)C(F)C(F)C(F)C4F)c4ccc([nH]4)C(c4nccn4Cc4ccc(OC)cc4)C4C=CC(N4)/C(C4C(F)C(F)C(F)C(F)C4F)=c4\cc/c([nH]4)=C(/C4C(F)C(F)C(F)C(F)C4F)C4=N/C(=C(/C5C(F)C(F)C(F)C(F)C5F)c5ccc2[nH]5)C=C4)C=C3)cc1. The lowest BCUT2D eigenvalue weighted by atomic mass is 9.75. The molecule has 14 nitrogen and oxygen atoms in total. The van der Waals surface area contributed by atoms with Gasteiger partial charge in [-0.3, -0.25) is 5.32 Å². The van der Waals surface area contributed by atoms with Crippen LogP contribution in [0.15, 0.2) is 203 Å². The molecule has 2 aromatic carbocycles. The van der Waals surface area contributed by atoms with Gasteiger partial charge in [-0.05, 0) is 126 Å². The number of rotatable bonds is 14. The summed E-state index contributed by atoms with van der Waals surface area (Å²) in [6, 6.07) is 16.0. The van der Waals surface area contributed by atoms with Gasteiger partial charge >= 0.3 is 0 Å². The Balaban J connectivity index is 0.922. The highest BCUT2D eigenvalue weighted by Gasteiger charge is 2.63. The number of fused-ring (bicyclic) bond motifs is 13. The van der Waals surface area contributed by atoms with Crippen molar-refractivity contribution in [2.24, 2.45) is 50.5 Å². The number of aromatic nitrogens is 8. The number of halogens is 30. The monoisotopic (exact) mass is 2030 g/mol. The predicted octanol–water partition coefficient (Wildman–Crippen LogP) is 17.4. The van der Waals surface area contributed by atoms with Gasteiger partial charge in [0, 0.05) is 116 Å². The van der Waals surface area contributed by atoms with Crippen molar-refractivity contribution in [1.29, 1.82) is 0 Å². The van der Waals surface area contributed by atoms with E-state index in [2.05, 4.69) is 50.2 Å². The quantitative estimate of drug-likeness (QED) is 0.0539. The number of hydrogen-bond donors (Lipinski definition) is 5. The molecule has 6 aromatic heterocycles. The van der Waals surface area contributed by atoms with Crippen molar-refractivity contribution in [3.63, 3.8) is 0 Å². The Morgan fingerprint density at radius 3 is 1.01 bits per heavy atom. The Labute approximate surface area is 785 Å². The van der Waals surface area contributed by atoms with Crippen LogP contribution in [0.4, 0.5) is 132 Å². The molecule has 0 radical (unpaired) electrons. The van der Waals surface area contributed by atoms with Gasteiger partial charge in [0.2, 0.25) is 0 Å². The van der Waals surface area contributed by atoms with E-state index >= 15 is 132 Å². The van der Waals surface area contributed by atoms with E-state index in [1.807, 2.05) is 0 Å². The van der Waals surface area contributed by atoms with Gasteiger partial charge < -0.3 is 38.5 Å². The summed E-state index contributed by atoms with van der Waals surface area (Å²) in [4.78, 5) is 33.6. The van der Waals surface area contributed by atoms with Crippen LogP contribution in [-0.4, -0.2) is 268 Å². The molecule has 142 heavy (non-hydrogen) atoms. The molecule has 0 spiro atoms. The van der Waals surface area contributed by atoms with E-state index in [-0.39, 0.29) is 30.4 Å². The highest BCUT2D eigenvalue weighted by molar-refractivity contribution is 6.29. The van der Waals surface area contributed by atoms with Gasteiger partial charge in [-0.1, -0.05) is 36.4 Å². The molecule has 27 atom stereocenters. The molecule has 44 heteroatoms. The number of ether oxygens (including phenoxy) is 2. The summed E-state index contributed by atoms with van der Waals surface area (Å²) in [5.74, 6) is -19.1. The first kappa shape index (κ1) is 98.9. The summed E-state index contributed by atoms with van der Waals surface area (Å²) >= 11 is 0. The maximum Gasteiger partial charge on any atom is 0.168 e. The first-order valence-electron chi connectivity index (χ1n) is 45.1. The zero-order valence-electron chi connectivity index (χ0n) is 73.4. The number of alkyl halides is 30. The summed E-state index contributed by atoms with van der Waals surface area (Å²) in [6.07, 6.45) is -94.4. The third-order valence-corrected chi connectivity index (χ3v) is 28.7. The molecular weight excluding hydrogens is 1950 g/mol. The van der Waals surface area contributed by atoms with Crippen LogP contribution in [0.2, 0.25) is 0 Å². The lowest BCUT2D eigenvalue weighted by molar-refractivity contribution is -0.0731. The molecule has 5 aliphatic heterocycles. The van der Waals surface area contributed by atoms with Gasteiger partial charge in [0.05, 0.1) is 101 Å². The standard InChI is InChI=1S/C98H82F30N12O2/c1-141-35-7-3-33(4-8-35)31-139-29-27-129-97(139)59-49-23-19-45(135-49)55(63-71(103)83(115)93(125)84(116)72(63)104)41-15-11-37(131-41)53(61-67(99)79(111)91(123)80(112)68(61)100)39-13-17-43(133-39)57(65-75(107)87(119)95(127)88(120)76(65)108)47-21-25-51(137-47)60(98-130-28-30-140(98)32-34-5-9-36(142-2)10-6-34)52-26-22-48(138-52)58(66-77(109)89(121)96(128)90(122)78(66)110)44-18-14-40(134-44)54(62-69(101)81(113)92(124)82(114)70(62)102)38-12-16-42(132-38)56(46-20-24-50(59)136-46)64-73(105)85(117)94(126)86(118)74(64)106/h3-30,45,49,59,61-96,131,134-137H,31-32H2,1-2H3/b53-37-,54-40+,55-41-,56-42+,57-43+,58-44+,60-52+. The first-order valence-corrected chi connectivity index (χ1v) is 45.1. The first-order chi connectivity index (χ1) is 67.8. The summed E-state index contributed by atoms with van der Waals surface area (Å²) in [6.45, 7) is -0.422. The number of benzene rings is 2. The number of methoxy groups -OCH3 is 2. The highest BCUT2D eigenvalue weighted by atomic mass is 19.2. The second-order valence-electron chi connectivity index (χ2n) is 36.7. The van der Waals surface area contributed by atoms with Crippen LogP contribution in [0.25, 0.3) is 39.0 Å². The highest BCUT2D eigenvalue weighted by Crippen LogP contribution is 2.53. The largest absolute Gasteiger partial charge is 0.497 e. The molecule has 16 bridgehead atoms. The number of aliphatic imine (C=N–C) groups is 3. The van der Waals surface area contributed by atoms with Crippen LogP contribution >= 0.6 is 0 Å². The molecule has 6 fully saturated rings. The minimum absolute atomic E-state index is 0.131. The topological polar surface area (TPSA) is 166 Å². The molecule has 0 amide bonds. The number of imidazole rings is 2. The summed E-state index contributed by atoms with van der Waals surface area (Å²) in [7, 11) is 2.69. The zero-order chi connectivity index (χ0) is 101. The number of nitrogens with one attached hydrogen (secondary N) is 5. The van der Waals surface area contributed by atoms with Gasteiger partial charge in [-0.15, -0.1) is 0 Å². The van der Waals surface area contributed by atoms with Crippen molar-refractivity contribution in [1.82, 2.24) is 44.4 Å². The minimum Gasteiger partial charge on any atom is -0.497 e. The number of hydrogen-bond acceptors (Lipinski definition) is 8. The molecule has 5 N–H and O–H groups in total. The van der Waals surface area contributed by atoms with Crippen molar-refractivity contribution in [3.8, 4) is 11.5 Å². The van der Waals surface area contributed by atoms with Crippen molar-refractivity contribution in [2.75, 3.05) is 14.2 Å². The van der Waals surface area contributed by atoms with E-state index < -0.39 is 350 Å². The number of nitrogens with zero attached hydrogens (tertiary/aromatic N) is 7. The minimum atomic E-state index is -3.62. The van der Waals surface area contributed by atoms with Crippen molar-refractivity contribution >= 4 is 56.1 Å². The summed E-state index contributed by atoms with van der Waals surface area (Å²) in [5.41, 5.74) is -13.1. The second-order valence-corrected chi connectivity index (χ2v) is 36.7. The Morgan fingerprint density at radius 1 is 0.289 bits per heavy atom. The molecule has 0 saturated heterocycles. The molecular formula is C98H82F30N12O2. The summed E-state index contributed by atoms with van der Waals surface area (Å²) < 4.78 is 514. The smallest absolute Gasteiger partial charge is 0.168 e. The van der Waals surface area contributed by atoms with Crippen LogP contribution < -0.4 is 36.2 Å². The molecule has 756 valence electrons. The maximum atomic E-state index is 17.5. The fraction of sp³-hybridized carbons (Fsp3) is 0.439. The number of allylic oxidation sites excluding steroid dienone is 8. The lowest BCUT2D eigenvalue weighted by Gasteiger charge is -2.39. The van der Waals surface area contributed by atoms with E-state index in [1.165, 1.54) is 72.3 Å². The molecule has 8 aromatic rings. The lowest BCUT2D eigenvalue weighted by Crippen LogP contribution is -2.56. The second kappa shape index (κ2) is 38.7. The van der Waals surface area contributed by atoms with Crippen molar-refractivity contribution in [3.05, 3.63) is 254 Å². The molecule has 19 rings (SSSR count). The fourth-order valence-corrected chi connectivity index (χ4v) is 21.4.